The molecule has 2 rings (SSSR count). The number of rotatable bonds is 6. The zero-order chi connectivity index (χ0) is 17.6. The molecule has 6 nitrogen and oxygen atoms in total. The molecular weight excluding hydrogens is 335 g/mol. The highest BCUT2D eigenvalue weighted by Gasteiger charge is 2.29. The Morgan fingerprint density at radius 3 is 2.67 bits per heavy atom. The van der Waals surface area contributed by atoms with Crippen molar-refractivity contribution in [2.45, 2.75) is 37.0 Å². The van der Waals surface area contributed by atoms with Crippen LogP contribution in [-0.4, -0.2) is 38.4 Å². The Bertz CT molecular complexity index is 737. The van der Waals surface area contributed by atoms with Crippen LogP contribution in [0.4, 0.5) is 4.39 Å². The third kappa shape index (κ3) is 4.30. The second-order valence-corrected chi connectivity index (χ2v) is 7.41. The normalized spacial score (nSPS) is 15.7. The lowest BCUT2D eigenvalue weighted by atomic mass is 10.2. The number of halogens is 1. The minimum atomic E-state index is -3.97. The number of unbranched alkanes of at least 4 members (excludes halogenated alkanes) is 1. The van der Waals surface area contributed by atoms with E-state index in [1.807, 2.05) is 6.07 Å². The summed E-state index contributed by atoms with van der Waals surface area (Å²) in [6, 6.07) is 5.10. The molecule has 1 fully saturated rings. The van der Waals surface area contributed by atoms with E-state index in [0.717, 1.165) is 31.4 Å². The van der Waals surface area contributed by atoms with Gasteiger partial charge in [-0.15, -0.1) is 0 Å². The van der Waals surface area contributed by atoms with Crippen molar-refractivity contribution in [2.24, 2.45) is 0 Å². The summed E-state index contributed by atoms with van der Waals surface area (Å²) in [7, 11) is -3.97. The molecule has 1 aliphatic heterocycles. The van der Waals surface area contributed by atoms with Gasteiger partial charge in [-0.1, -0.05) is 6.42 Å². The molecule has 0 unspecified atom stereocenters. The van der Waals surface area contributed by atoms with Gasteiger partial charge in [-0.2, -0.15) is 9.57 Å². The smallest absolute Gasteiger partial charge is 0.338 e. The third-order valence-corrected chi connectivity index (χ3v) is 5.68. The Morgan fingerprint density at radius 1 is 1.29 bits per heavy atom. The first-order valence-corrected chi connectivity index (χ1v) is 9.24. The minimum Gasteiger partial charge on any atom is -0.462 e. The molecule has 0 saturated carbocycles. The van der Waals surface area contributed by atoms with Crippen molar-refractivity contribution < 1.29 is 22.3 Å². The molecule has 0 atom stereocenters. The third-order valence-electron chi connectivity index (χ3n) is 3.77. The number of nitriles is 1. The molecule has 24 heavy (non-hydrogen) atoms. The quantitative estimate of drug-likeness (QED) is 0.578. The van der Waals surface area contributed by atoms with E-state index < -0.39 is 26.7 Å². The fraction of sp³-hybridized carbons (Fsp3) is 0.500. The van der Waals surface area contributed by atoms with E-state index in [4.69, 9.17) is 10.00 Å². The molecule has 0 aromatic heterocycles. The van der Waals surface area contributed by atoms with Crippen molar-refractivity contribution in [1.29, 1.82) is 5.26 Å². The van der Waals surface area contributed by atoms with Gasteiger partial charge in [-0.25, -0.2) is 17.6 Å². The van der Waals surface area contributed by atoms with Crippen LogP contribution in [0.3, 0.4) is 0 Å². The number of ether oxygens (including phenoxy) is 1. The molecule has 0 radical (unpaired) electrons. The first kappa shape index (κ1) is 18.4. The molecule has 8 heteroatoms. The number of hydrogen-bond donors (Lipinski definition) is 0. The summed E-state index contributed by atoms with van der Waals surface area (Å²) < 4.78 is 45.4. The van der Waals surface area contributed by atoms with E-state index in [1.165, 1.54) is 10.4 Å². The molecule has 0 N–H and O–H groups in total. The van der Waals surface area contributed by atoms with Crippen molar-refractivity contribution in [2.75, 3.05) is 19.7 Å². The molecule has 1 aromatic carbocycles. The number of piperidine rings is 1. The van der Waals surface area contributed by atoms with Gasteiger partial charge < -0.3 is 4.74 Å². The van der Waals surface area contributed by atoms with Gasteiger partial charge in [0.25, 0.3) is 0 Å². The molecule has 0 spiro atoms. The molecule has 1 aliphatic rings. The predicted octanol–water partition coefficient (Wildman–Crippen LogP) is 2.46. The fourth-order valence-electron chi connectivity index (χ4n) is 2.47. The molecule has 1 heterocycles. The average molecular weight is 354 g/mol. The van der Waals surface area contributed by atoms with Crippen LogP contribution in [0.1, 0.15) is 42.5 Å². The number of carbonyl (C=O) groups excluding carboxylic acids is 1. The van der Waals surface area contributed by atoms with Crippen LogP contribution < -0.4 is 0 Å². The van der Waals surface area contributed by atoms with E-state index in [1.54, 1.807) is 0 Å². The summed E-state index contributed by atoms with van der Waals surface area (Å²) in [5.74, 6) is -1.62. The molecule has 130 valence electrons. The highest BCUT2D eigenvalue weighted by atomic mass is 32.2. The number of nitrogens with zero attached hydrogens (tertiary/aromatic N) is 2. The summed E-state index contributed by atoms with van der Waals surface area (Å²) >= 11 is 0. The van der Waals surface area contributed by atoms with E-state index in [-0.39, 0.29) is 18.6 Å². The summed E-state index contributed by atoms with van der Waals surface area (Å²) in [4.78, 5) is 11.4. The number of sulfonamides is 1. The van der Waals surface area contributed by atoms with Gasteiger partial charge in [-0.05, 0) is 37.5 Å². The Kier molecular flexibility index (Phi) is 6.29. The monoisotopic (exact) mass is 354 g/mol. The summed E-state index contributed by atoms with van der Waals surface area (Å²) in [6.07, 6.45) is 3.07. The number of esters is 1. The fourth-order valence-corrected chi connectivity index (χ4v) is 4.08. The van der Waals surface area contributed by atoms with Gasteiger partial charge in [0.15, 0.2) is 0 Å². The van der Waals surface area contributed by atoms with Crippen LogP contribution in [-0.2, 0) is 14.8 Å². The van der Waals surface area contributed by atoms with Crippen LogP contribution in [0.25, 0.3) is 0 Å². The van der Waals surface area contributed by atoms with Gasteiger partial charge >= 0.3 is 5.97 Å². The minimum absolute atomic E-state index is 0.0241. The Labute approximate surface area is 140 Å². The van der Waals surface area contributed by atoms with Crippen LogP contribution >= 0.6 is 0 Å². The highest BCUT2D eigenvalue weighted by Crippen LogP contribution is 2.24. The zero-order valence-corrected chi connectivity index (χ0v) is 14.0. The Hall–Kier alpha value is -1.98. The second-order valence-electron chi connectivity index (χ2n) is 5.51. The van der Waals surface area contributed by atoms with Crippen molar-refractivity contribution in [3.63, 3.8) is 0 Å². The maximum Gasteiger partial charge on any atom is 0.338 e. The lowest BCUT2D eigenvalue weighted by Gasteiger charge is -2.26. The van der Waals surface area contributed by atoms with Crippen LogP contribution in [0.15, 0.2) is 23.1 Å². The predicted molar refractivity (Wildman–Crippen MR) is 84.1 cm³/mol. The van der Waals surface area contributed by atoms with Gasteiger partial charge in [0.05, 0.1) is 18.2 Å². The molecule has 1 saturated heterocycles. The molecule has 1 aromatic rings. The standard InChI is InChI=1S/C16H19FN2O4S/c17-14-7-6-13(16(20)23-11-5-2-8-18)12-15(14)24(21,22)19-9-3-1-4-10-19/h6-7,12H,1-5,9-11H2. The highest BCUT2D eigenvalue weighted by molar-refractivity contribution is 7.89. The van der Waals surface area contributed by atoms with Crippen molar-refractivity contribution in [1.82, 2.24) is 4.31 Å². The SMILES string of the molecule is N#CCCCOC(=O)c1ccc(F)c(S(=O)(=O)N2CCCCC2)c1. The topological polar surface area (TPSA) is 87.5 Å². The molecular formula is C16H19FN2O4S. The van der Waals surface area contributed by atoms with Gasteiger partial charge in [0.2, 0.25) is 10.0 Å². The van der Waals surface area contributed by atoms with E-state index in [2.05, 4.69) is 0 Å². The average Bonchev–Trinajstić information content (AvgIpc) is 2.59. The Morgan fingerprint density at radius 2 is 2.00 bits per heavy atom. The lowest BCUT2D eigenvalue weighted by molar-refractivity contribution is 0.0501. The summed E-state index contributed by atoms with van der Waals surface area (Å²) in [5, 5.41) is 8.43. The van der Waals surface area contributed by atoms with Gasteiger partial charge in [0.1, 0.15) is 10.7 Å². The van der Waals surface area contributed by atoms with E-state index in [0.29, 0.717) is 19.5 Å². The van der Waals surface area contributed by atoms with Crippen LogP contribution in [0, 0.1) is 17.1 Å². The number of hydrogen-bond acceptors (Lipinski definition) is 5. The summed E-state index contributed by atoms with van der Waals surface area (Å²) in [5.41, 5.74) is -0.0241. The van der Waals surface area contributed by atoms with Crippen molar-refractivity contribution >= 4 is 16.0 Å². The van der Waals surface area contributed by atoms with Crippen molar-refractivity contribution in [3.05, 3.63) is 29.6 Å². The van der Waals surface area contributed by atoms with Gasteiger partial charge in [-0.3, -0.25) is 0 Å². The van der Waals surface area contributed by atoms with Crippen LogP contribution in [0.5, 0.6) is 0 Å². The first-order chi connectivity index (χ1) is 11.5. The Balaban J connectivity index is 2.19. The van der Waals surface area contributed by atoms with Crippen LogP contribution in [0.2, 0.25) is 0 Å². The van der Waals surface area contributed by atoms with E-state index in [9.17, 15) is 17.6 Å². The maximum atomic E-state index is 14.0. The zero-order valence-electron chi connectivity index (χ0n) is 13.2. The molecule has 0 aliphatic carbocycles. The van der Waals surface area contributed by atoms with Crippen molar-refractivity contribution in [3.8, 4) is 6.07 Å². The number of carbonyl (C=O) groups is 1. The number of benzene rings is 1. The second kappa shape index (κ2) is 8.22. The molecule has 0 amide bonds. The first-order valence-electron chi connectivity index (χ1n) is 7.80. The van der Waals surface area contributed by atoms with E-state index >= 15 is 0 Å². The lowest BCUT2D eigenvalue weighted by Crippen LogP contribution is -2.36. The molecule has 0 bridgehead atoms. The summed E-state index contributed by atoms with van der Waals surface area (Å²) in [6.45, 7) is 0.757. The largest absolute Gasteiger partial charge is 0.462 e. The van der Waals surface area contributed by atoms with Gasteiger partial charge in [0, 0.05) is 19.5 Å². The maximum absolute atomic E-state index is 14.0.